The third kappa shape index (κ3) is 2.35. The van der Waals surface area contributed by atoms with Crippen LogP contribution in [0.5, 0.6) is 5.75 Å². The van der Waals surface area contributed by atoms with Gasteiger partial charge in [0.15, 0.2) is 0 Å². The van der Waals surface area contributed by atoms with E-state index in [2.05, 4.69) is 16.4 Å². The summed E-state index contributed by atoms with van der Waals surface area (Å²) in [7, 11) is 1.60. The minimum absolute atomic E-state index is 0.383. The molecule has 0 bridgehead atoms. The van der Waals surface area contributed by atoms with Crippen LogP contribution in [0, 0.1) is 11.3 Å². The lowest BCUT2D eigenvalue weighted by molar-refractivity contribution is 0.414. The van der Waals surface area contributed by atoms with Gasteiger partial charge in [-0.25, -0.2) is 4.68 Å². The van der Waals surface area contributed by atoms with Gasteiger partial charge in [0, 0.05) is 5.56 Å². The minimum Gasteiger partial charge on any atom is -0.496 e. The highest BCUT2D eigenvalue weighted by Crippen LogP contribution is 2.23. The van der Waals surface area contributed by atoms with E-state index in [0.717, 1.165) is 16.6 Å². The monoisotopic (exact) mass is 276 g/mol. The molecule has 102 valence electrons. The van der Waals surface area contributed by atoms with Crippen LogP contribution in [0.4, 0.5) is 0 Å². The lowest BCUT2D eigenvalue weighted by Crippen LogP contribution is -1.98. The summed E-state index contributed by atoms with van der Waals surface area (Å²) in [6.07, 6.45) is 1.74. The second-order valence-electron chi connectivity index (χ2n) is 4.37. The Hall–Kier alpha value is -3.13. The summed E-state index contributed by atoms with van der Waals surface area (Å²) in [6.45, 7) is 0. The molecule has 0 aliphatic carbocycles. The molecule has 1 aromatic heterocycles. The maximum absolute atomic E-state index is 9.43. The van der Waals surface area contributed by atoms with E-state index in [-0.39, 0.29) is 0 Å². The van der Waals surface area contributed by atoms with Crippen LogP contribution < -0.4 is 4.74 Å². The normalized spacial score (nSPS) is 11.3. The van der Waals surface area contributed by atoms with Crippen LogP contribution in [0.2, 0.25) is 0 Å². The van der Waals surface area contributed by atoms with Gasteiger partial charge in [-0.15, -0.1) is 5.10 Å². The summed E-state index contributed by atoms with van der Waals surface area (Å²) < 4.78 is 6.83. The molecular weight excluding hydrogens is 264 g/mol. The molecule has 0 saturated heterocycles. The molecule has 0 spiro atoms. The van der Waals surface area contributed by atoms with E-state index in [1.807, 2.05) is 48.5 Å². The Morgan fingerprint density at radius 2 is 1.95 bits per heavy atom. The van der Waals surface area contributed by atoms with Crippen molar-refractivity contribution in [3.63, 3.8) is 0 Å². The number of benzene rings is 2. The maximum Gasteiger partial charge on any atom is 0.145 e. The van der Waals surface area contributed by atoms with Crippen LogP contribution in [-0.4, -0.2) is 22.1 Å². The van der Waals surface area contributed by atoms with Gasteiger partial charge >= 0.3 is 0 Å². The molecule has 0 unspecified atom stereocenters. The molecule has 1 heterocycles. The number of rotatable bonds is 3. The maximum atomic E-state index is 9.43. The fraction of sp³-hybridized carbons (Fsp3) is 0.0625. The number of hydrogen-bond donors (Lipinski definition) is 0. The van der Waals surface area contributed by atoms with Gasteiger partial charge in [0.1, 0.15) is 23.0 Å². The van der Waals surface area contributed by atoms with E-state index in [4.69, 9.17) is 4.74 Å². The predicted molar refractivity (Wildman–Crippen MR) is 80.3 cm³/mol. The topological polar surface area (TPSA) is 63.7 Å². The smallest absolute Gasteiger partial charge is 0.145 e. The first kappa shape index (κ1) is 12.9. The van der Waals surface area contributed by atoms with Crippen molar-refractivity contribution in [2.45, 2.75) is 0 Å². The second-order valence-corrected chi connectivity index (χ2v) is 4.37. The number of fused-ring (bicyclic) bond motifs is 1. The van der Waals surface area contributed by atoms with Crippen LogP contribution in [0.3, 0.4) is 0 Å². The third-order valence-corrected chi connectivity index (χ3v) is 3.13. The molecule has 0 aliphatic heterocycles. The SMILES string of the molecule is COc1ccccc1/C=C(\C#N)n1nnc2ccccc21. The van der Waals surface area contributed by atoms with Gasteiger partial charge in [-0.1, -0.05) is 35.5 Å². The summed E-state index contributed by atoms with van der Waals surface area (Å²) in [5.41, 5.74) is 2.74. The van der Waals surface area contributed by atoms with Crippen LogP contribution in [-0.2, 0) is 0 Å². The molecular formula is C16H12N4O. The van der Waals surface area contributed by atoms with Crippen molar-refractivity contribution in [3.8, 4) is 11.8 Å². The first-order valence-corrected chi connectivity index (χ1v) is 6.39. The molecule has 2 aromatic carbocycles. The van der Waals surface area contributed by atoms with Crippen LogP contribution >= 0.6 is 0 Å². The molecule has 0 aliphatic rings. The summed E-state index contributed by atoms with van der Waals surface area (Å²) in [4.78, 5) is 0. The quantitative estimate of drug-likeness (QED) is 0.690. The lowest BCUT2D eigenvalue weighted by atomic mass is 10.1. The minimum atomic E-state index is 0.383. The number of nitrogens with zero attached hydrogens (tertiary/aromatic N) is 4. The summed E-state index contributed by atoms with van der Waals surface area (Å²) in [5.74, 6) is 0.703. The zero-order valence-electron chi connectivity index (χ0n) is 11.4. The molecule has 5 nitrogen and oxygen atoms in total. The highest BCUT2D eigenvalue weighted by molar-refractivity contribution is 5.87. The highest BCUT2D eigenvalue weighted by atomic mass is 16.5. The van der Waals surface area contributed by atoms with Crippen LogP contribution in [0.15, 0.2) is 48.5 Å². The third-order valence-electron chi connectivity index (χ3n) is 3.13. The van der Waals surface area contributed by atoms with Gasteiger partial charge in [0.25, 0.3) is 0 Å². The van der Waals surface area contributed by atoms with Crippen molar-refractivity contribution < 1.29 is 4.74 Å². The van der Waals surface area contributed by atoms with Crippen LogP contribution in [0.25, 0.3) is 22.8 Å². The van der Waals surface area contributed by atoms with Gasteiger partial charge in [-0.05, 0) is 24.3 Å². The van der Waals surface area contributed by atoms with Crippen molar-refractivity contribution in [1.29, 1.82) is 5.26 Å². The number of para-hydroxylation sites is 2. The molecule has 0 amide bonds. The van der Waals surface area contributed by atoms with E-state index in [0.29, 0.717) is 11.4 Å². The predicted octanol–water partition coefficient (Wildman–Crippen LogP) is 2.96. The zero-order valence-corrected chi connectivity index (χ0v) is 11.4. The first-order chi connectivity index (χ1) is 10.3. The number of nitriles is 1. The van der Waals surface area contributed by atoms with Gasteiger partial charge < -0.3 is 4.74 Å². The molecule has 3 rings (SSSR count). The molecule has 0 N–H and O–H groups in total. The van der Waals surface area contributed by atoms with Crippen molar-refractivity contribution in [3.05, 3.63) is 54.1 Å². The van der Waals surface area contributed by atoms with Crippen molar-refractivity contribution in [1.82, 2.24) is 15.0 Å². The Morgan fingerprint density at radius 1 is 1.19 bits per heavy atom. The van der Waals surface area contributed by atoms with Gasteiger partial charge in [0.05, 0.1) is 12.6 Å². The molecule has 3 aromatic rings. The second kappa shape index (κ2) is 5.47. The van der Waals surface area contributed by atoms with Crippen molar-refractivity contribution >= 4 is 22.8 Å². The Morgan fingerprint density at radius 3 is 2.76 bits per heavy atom. The standard InChI is InChI=1S/C16H12N4O/c1-21-16-9-5-2-6-12(16)10-13(11-17)20-15-8-4-3-7-14(15)18-19-20/h2-10H,1H3/b13-10+. The van der Waals surface area contributed by atoms with Gasteiger partial charge in [-0.2, -0.15) is 5.26 Å². The van der Waals surface area contributed by atoms with E-state index in [1.165, 1.54) is 4.68 Å². The van der Waals surface area contributed by atoms with E-state index in [1.54, 1.807) is 13.2 Å². The molecule has 5 heteroatoms. The average Bonchev–Trinajstić information content (AvgIpc) is 2.97. The molecule has 0 atom stereocenters. The summed E-state index contributed by atoms with van der Waals surface area (Å²) in [6, 6.07) is 17.2. The first-order valence-electron chi connectivity index (χ1n) is 6.39. The van der Waals surface area contributed by atoms with Crippen molar-refractivity contribution in [2.24, 2.45) is 0 Å². The fourth-order valence-electron chi connectivity index (χ4n) is 2.12. The molecule has 0 saturated carbocycles. The Bertz CT molecular complexity index is 858. The number of aromatic nitrogens is 3. The summed E-state index contributed by atoms with van der Waals surface area (Å²) in [5, 5.41) is 17.5. The molecule has 21 heavy (non-hydrogen) atoms. The van der Waals surface area contributed by atoms with E-state index < -0.39 is 0 Å². The number of hydrogen-bond acceptors (Lipinski definition) is 4. The highest BCUT2D eigenvalue weighted by Gasteiger charge is 2.09. The van der Waals surface area contributed by atoms with Gasteiger partial charge in [-0.3, -0.25) is 0 Å². The lowest BCUT2D eigenvalue weighted by Gasteiger charge is -2.05. The zero-order chi connectivity index (χ0) is 14.7. The Kier molecular flexibility index (Phi) is 3.36. The average molecular weight is 276 g/mol. The van der Waals surface area contributed by atoms with E-state index >= 15 is 0 Å². The van der Waals surface area contributed by atoms with E-state index in [9.17, 15) is 5.26 Å². The van der Waals surface area contributed by atoms with Crippen LogP contribution in [0.1, 0.15) is 5.56 Å². The Balaban J connectivity index is 2.14. The number of allylic oxidation sites excluding steroid dienone is 1. The Labute approximate surface area is 121 Å². The fourth-order valence-corrected chi connectivity index (χ4v) is 2.12. The summed E-state index contributed by atoms with van der Waals surface area (Å²) >= 11 is 0. The molecule has 0 fully saturated rings. The largest absolute Gasteiger partial charge is 0.496 e. The molecule has 0 radical (unpaired) electrons. The number of methoxy groups -OCH3 is 1. The van der Waals surface area contributed by atoms with Gasteiger partial charge in [0.2, 0.25) is 0 Å². The van der Waals surface area contributed by atoms with Crippen molar-refractivity contribution in [2.75, 3.05) is 7.11 Å². The number of ether oxygens (including phenoxy) is 1.